The highest BCUT2D eigenvalue weighted by molar-refractivity contribution is 6.23. The summed E-state index contributed by atoms with van der Waals surface area (Å²) in [5, 5.41) is 7.28. The molecule has 0 N–H and O–H groups in total. The monoisotopic (exact) mass is 939 g/mol. The molecular formula is C73H49N. The molecule has 74 heavy (non-hydrogen) atoms. The van der Waals surface area contributed by atoms with Crippen LogP contribution in [-0.4, -0.2) is 0 Å². The van der Waals surface area contributed by atoms with E-state index in [-0.39, 0.29) is 0 Å². The van der Waals surface area contributed by atoms with Gasteiger partial charge in [0.05, 0.1) is 11.1 Å². The van der Waals surface area contributed by atoms with Crippen molar-refractivity contribution >= 4 is 49.4 Å². The van der Waals surface area contributed by atoms with E-state index >= 15 is 0 Å². The molecule has 1 nitrogen and oxygen atoms in total. The Morgan fingerprint density at radius 2 is 0.703 bits per heavy atom. The van der Waals surface area contributed by atoms with Gasteiger partial charge in [0.25, 0.3) is 0 Å². The van der Waals surface area contributed by atoms with Crippen LogP contribution in [0.25, 0.3) is 88.0 Å². The minimum atomic E-state index is -0.568. The third-order valence-electron chi connectivity index (χ3n) is 15.5. The fourth-order valence-corrected chi connectivity index (χ4v) is 12.2. The van der Waals surface area contributed by atoms with Crippen LogP contribution in [0, 0.1) is 0 Å². The van der Waals surface area contributed by atoms with Gasteiger partial charge in [0.1, 0.15) is 0 Å². The molecule has 0 unspecified atom stereocenters. The molecule has 1 aliphatic carbocycles. The van der Waals surface area contributed by atoms with Crippen molar-refractivity contribution in [3.63, 3.8) is 0 Å². The zero-order valence-corrected chi connectivity index (χ0v) is 40.7. The second-order valence-electron chi connectivity index (χ2n) is 19.5. The predicted octanol–water partition coefficient (Wildman–Crippen LogP) is 19.6. The number of nitrogens with zero attached hydrogens (tertiary/aromatic N) is 1. The lowest BCUT2D eigenvalue weighted by Gasteiger charge is -2.36. The molecule has 0 atom stereocenters. The fraction of sp³-hybridized carbons (Fsp3) is 0.0137. The minimum Gasteiger partial charge on any atom is -0.309 e. The van der Waals surface area contributed by atoms with Gasteiger partial charge in [-0.05, 0) is 136 Å². The number of rotatable bonds is 9. The molecule has 13 aromatic rings. The minimum absolute atomic E-state index is 0.568. The maximum absolute atomic E-state index is 2.54. The Morgan fingerprint density at radius 3 is 1.38 bits per heavy atom. The lowest BCUT2D eigenvalue weighted by atomic mass is 9.67. The molecule has 0 aliphatic heterocycles. The van der Waals surface area contributed by atoms with Gasteiger partial charge in [0.15, 0.2) is 0 Å². The van der Waals surface area contributed by atoms with E-state index in [1.807, 2.05) is 0 Å². The molecule has 0 fully saturated rings. The normalized spacial score (nSPS) is 12.4. The average molecular weight is 940 g/mol. The van der Waals surface area contributed by atoms with E-state index in [4.69, 9.17) is 0 Å². The summed E-state index contributed by atoms with van der Waals surface area (Å²) >= 11 is 0. The molecule has 1 heteroatoms. The lowest BCUT2D eigenvalue weighted by molar-refractivity contribution is 0.768. The summed E-state index contributed by atoms with van der Waals surface area (Å²) in [5.74, 6) is 0. The first-order valence-corrected chi connectivity index (χ1v) is 25.7. The van der Waals surface area contributed by atoms with E-state index in [1.54, 1.807) is 0 Å². The highest BCUT2D eigenvalue weighted by Crippen LogP contribution is 2.57. The Morgan fingerprint density at radius 1 is 0.243 bits per heavy atom. The maximum atomic E-state index is 2.54. The summed E-state index contributed by atoms with van der Waals surface area (Å²) in [5.41, 5.74) is 19.9. The van der Waals surface area contributed by atoms with E-state index < -0.39 is 5.41 Å². The van der Waals surface area contributed by atoms with Crippen LogP contribution in [0.1, 0.15) is 22.3 Å². The molecule has 0 bridgehead atoms. The Kier molecular flexibility index (Phi) is 10.5. The standard InChI is InChI=1S/C73H49N/c1-3-19-50(20-4-1)56-23-17-24-57(47-56)54-39-37-52(38-40-54)53-43-45-61(46-44-53)74(72-68-34-12-10-30-64(68)63-29-9-11-33-67(63)71(72)58-42-41-51-21-7-8-22-55(51)48-58)62-28-18-27-60(49-62)73(59-25-5-2-6-26-59)69-35-15-13-31-65(69)66-32-14-16-36-70(66)73/h1-49H. The van der Waals surface area contributed by atoms with Gasteiger partial charge >= 0.3 is 0 Å². The summed E-state index contributed by atoms with van der Waals surface area (Å²) < 4.78 is 0. The number of benzene rings is 13. The van der Waals surface area contributed by atoms with Gasteiger partial charge in [0, 0.05) is 22.3 Å². The zero-order valence-electron chi connectivity index (χ0n) is 40.7. The maximum Gasteiger partial charge on any atom is 0.0714 e. The Bertz CT molecular complexity index is 4180. The van der Waals surface area contributed by atoms with Crippen molar-refractivity contribution in [1.82, 2.24) is 0 Å². The van der Waals surface area contributed by atoms with E-state index in [0.717, 1.165) is 22.6 Å². The first-order chi connectivity index (χ1) is 36.7. The Balaban J connectivity index is 0.988. The van der Waals surface area contributed by atoms with Gasteiger partial charge < -0.3 is 4.90 Å². The largest absolute Gasteiger partial charge is 0.309 e. The summed E-state index contributed by atoms with van der Waals surface area (Å²) in [7, 11) is 0. The van der Waals surface area contributed by atoms with Gasteiger partial charge in [-0.2, -0.15) is 0 Å². The van der Waals surface area contributed by atoms with Crippen molar-refractivity contribution in [3.8, 4) is 55.6 Å². The van der Waals surface area contributed by atoms with E-state index in [2.05, 4.69) is 302 Å². The number of hydrogen-bond acceptors (Lipinski definition) is 1. The SMILES string of the molecule is c1ccc(-c2cccc(-c3ccc(-c4ccc(N(c5cccc(C6(c7ccccc7)c7ccccc7-c7ccccc76)c5)c5c(-c6ccc7ccccc7c6)c6ccccc6c6ccccc56)cc4)cc3)c2)cc1. The smallest absolute Gasteiger partial charge is 0.0714 e. The summed E-state index contributed by atoms with van der Waals surface area (Å²) in [6, 6.07) is 110. The third-order valence-corrected chi connectivity index (χ3v) is 15.5. The van der Waals surface area contributed by atoms with Crippen LogP contribution in [0.3, 0.4) is 0 Å². The second kappa shape index (κ2) is 17.9. The van der Waals surface area contributed by atoms with Crippen LogP contribution in [0.15, 0.2) is 297 Å². The van der Waals surface area contributed by atoms with Crippen LogP contribution in [0.2, 0.25) is 0 Å². The van der Waals surface area contributed by atoms with Crippen molar-refractivity contribution in [2.75, 3.05) is 4.90 Å². The lowest BCUT2D eigenvalue weighted by Crippen LogP contribution is -2.28. The number of fused-ring (bicyclic) bond motifs is 7. The van der Waals surface area contributed by atoms with Crippen LogP contribution >= 0.6 is 0 Å². The molecule has 0 amide bonds. The van der Waals surface area contributed by atoms with Gasteiger partial charge in [0.2, 0.25) is 0 Å². The Labute approximate surface area is 432 Å². The van der Waals surface area contributed by atoms with E-state index in [1.165, 1.54) is 105 Å². The zero-order chi connectivity index (χ0) is 49.0. The molecule has 0 heterocycles. The molecular weight excluding hydrogens is 891 g/mol. The quantitative estimate of drug-likeness (QED) is 0.130. The first kappa shape index (κ1) is 43.2. The van der Waals surface area contributed by atoms with Crippen LogP contribution in [0.4, 0.5) is 17.1 Å². The summed E-state index contributed by atoms with van der Waals surface area (Å²) in [6.07, 6.45) is 0. The number of anilines is 3. The molecule has 0 spiro atoms. The summed E-state index contributed by atoms with van der Waals surface area (Å²) in [6.45, 7) is 0. The van der Waals surface area contributed by atoms with Crippen LogP contribution < -0.4 is 4.90 Å². The van der Waals surface area contributed by atoms with Crippen molar-refractivity contribution < 1.29 is 0 Å². The van der Waals surface area contributed by atoms with E-state index in [9.17, 15) is 0 Å². The van der Waals surface area contributed by atoms with Crippen LogP contribution in [0.5, 0.6) is 0 Å². The third kappa shape index (κ3) is 7.08. The molecule has 14 rings (SSSR count). The van der Waals surface area contributed by atoms with Gasteiger partial charge in [-0.1, -0.05) is 261 Å². The molecule has 13 aromatic carbocycles. The molecule has 0 radical (unpaired) electrons. The molecule has 346 valence electrons. The highest BCUT2D eigenvalue weighted by Gasteiger charge is 2.46. The van der Waals surface area contributed by atoms with Crippen LogP contribution in [-0.2, 0) is 5.41 Å². The van der Waals surface area contributed by atoms with Crippen molar-refractivity contribution in [1.29, 1.82) is 0 Å². The van der Waals surface area contributed by atoms with Gasteiger partial charge in [-0.25, -0.2) is 0 Å². The molecule has 0 aromatic heterocycles. The topological polar surface area (TPSA) is 3.24 Å². The van der Waals surface area contributed by atoms with Gasteiger partial charge in [-0.15, -0.1) is 0 Å². The Hall–Kier alpha value is -9.56. The fourth-order valence-electron chi connectivity index (χ4n) is 12.2. The van der Waals surface area contributed by atoms with Crippen molar-refractivity contribution in [3.05, 3.63) is 320 Å². The number of hydrogen-bond donors (Lipinski definition) is 0. The molecule has 1 aliphatic rings. The average Bonchev–Trinajstić information content (AvgIpc) is 3.80. The predicted molar refractivity (Wildman–Crippen MR) is 313 cm³/mol. The molecule has 0 saturated carbocycles. The van der Waals surface area contributed by atoms with Crippen molar-refractivity contribution in [2.24, 2.45) is 0 Å². The van der Waals surface area contributed by atoms with Gasteiger partial charge in [-0.3, -0.25) is 0 Å². The van der Waals surface area contributed by atoms with E-state index in [0.29, 0.717) is 0 Å². The van der Waals surface area contributed by atoms with Crippen molar-refractivity contribution in [2.45, 2.75) is 5.41 Å². The summed E-state index contributed by atoms with van der Waals surface area (Å²) in [4.78, 5) is 2.54. The highest BCUT2D eigenvalue weighted by atomic mass is 15.1. The first-order valence-electron chi connectivity index (χ1n) is 25.7. The molecule has 0 saturated heterocycles. The second-order valence-corrected chi connectivity index (χ2v) is 19.5.